The third-order valence-corrected chi connectivity index (χ3v) is 5.46. The van der Waals surface area contributed by atoms with Gasteiger partial charge in [0.15, 0.2) is 0 Å². The summed E-state index contributed by atoms with van der Waals surface area (Å²) in [5.41, 5.74) is -3.13. The second kappa shape index (κ2) is 11.8. The van der Waals surface area contributed by atoms with Gasteiger partial charge >= 0.3 is 6.09 Å². The number of fused-ring (bicyclic) bond motifs is 3. The third-order valence-electron chi connectivity index (χ3n) is 5.46. The monoisotopic (exact) mass is 520 g/mol. The van der Waals surface area contributed by atoms with Gasteiger partial charge in [-0.3, -0.25) is 40.5 Å². The molecule has 0 atom stereocenters. The maximum atomic E-state index is 11.8. The zero-order valence-electron chi connectivity index (χ0n) is 20.3. The number of nitro benzene ring substituents is 4. The summed E-state index contributed by atoms with van der Waals surface area (Å²) >= 11 is 0. The van der Waals surface area contributed by atoms with Gasteiger partial charge in [-0.1, -0.05) is 13.8 Å². The van der Waals surface area contributed by atoms with Gasteiger partial charge < -0.3 is 15.0 Å². The summed E-state index contributed by atoms with van der Waals surface area (Å²) in [4.78, 5) is 55.7. The summed E-state index contributed by atoms with van der Waals surface area (Å²) in [5, 5.41) is 49.4. The standard InChI is InChI=1S/C19H18N6O10.C2H6/c1-21(19(26)35-2)5-3-4-20-18-12-6-10(22(27)28)8-14(24(31)32)16(12)17-13(18)7-11(23(29)30)9-15(17)25(33)34;1-2/h6-9,18,20H,3-5H2,1-2H3;1-2H3. The summed E-state index contributed by atoms with van der Waals surface area (Å²) in [5.74, 6) is 0. The number of methoxy groups -OCH3 is 1. The fourth-order valence-electron chi connectivity index (χ4n) is 3.96. The number of benzene rings is 2. The van der Waals surface area contributed by atoms with Gasteiger partial charge in [0.05, 0.1) is 56.1 Å². The van der Waals surface area contributed by atoms with E-state index in [1.165, 1.54) is 19.1 Å². The molecule has 2 aromatic rings. The average Bonchev–Trinajstić information content (AvgIpc) is 3.18. The molecule has 1 aliphatic rings. The van der Waals surface area contributed by atoms with Crippen LogP contribution in [0.2, 0.25) is 0 Å². The van der Waals surface area contributed by atoms with E-state index in [1.54, 1.807) is 0 Å². The molecule has 37 heavy (non-hydrogen) atoms. The second-order valence-electron chi connectivity index (χ2n) is 7.52. The van der Waals surface area contributed by atoms with E-state index in [0.717, 1.165) is 12.1 Å². The number of hydrogen-bond acceptors (Lipinski definition) is 11. The van der Waals surface area contributed by atoms with E-state index in [9.17, 15) is 45.3 Å². The fourth-order valence-corrected chi connectivity index (χ4v) is 3.96. The predicted octanol–water partition coefficient (Wildman–Crippen LogP) is 4.09. The number of amides is 1. The van der Waals surface area contributed by atoms with Crippen LogP contribution in [-0.4, -0.2) is 57.9 Å². The quantitative estimate of drug-likeness (QED) is 0.282. The summed E-state index contributed by atoms with van der Waals surface area (Å²) in [7, 11) is 2.70. The van der Waals surface area contributed by atoms with Crippen molar-refractivity contribution in [2.75, 3.05) is 27.2 Å². The smallest absolute Gasteiger partial charge is 0.409 e. The Balaban J connectivity index is 0.00000235. The molecule has 2 aromatic carbocycles. The van der Waals surface area contributed by atoms with Gasteiger partial charge in [0.1, 0.15) is 0 Å². The van der Waals surface area contributed by atoms with Crippen LogP contribution in [0.25, 0.3) is 11.1 Å². The van der Waals surface area contributed by atoms with Crippen LogP contribution >= 0.6 is 0 Å². The third kappa shape index (κ3) is 5.75. The minimum absolute atomic E-state index is 0.00539. The summed E-state index contributed by atoms with van der Waals surface area (Å²) in [6.45, 7) is 4.38. The molecule has 0 bridgehead atoms. The number of carbonyl (C=O) groups excluding carboxylic acids is 1. The molecule has 0 fully saturated rings. The van der Waals surface area contributed by atoms with Crippen molar-refractivity contribution in [2.24, 2.45) is 0 Å². The van der Waals surface area contributed by atoms with Crippen molar-refractivity contribution in [1.82, 2.24) is 10.2 Å². The Morgan fingerprint density at radius 1 is 0.865 bits per heavy atom. The fraction of sp³-hybridized carbons (Fsp3) is 0.381. The minimum atomic E-state index is -1.05. The molecule has 198 valence electrons. The highest BCUT2D eigenvalue weighted by molar-refractivity contribution is 5.92. The van der Waals surface area contributed by atoms with Crippen LogP contribution in [0.4, 0.5) is 27.5 Å². The first-order valence-corrected chi connectivity index (χ1v) is 10.9. The molecule has 3 rings (SSSR count). The first-order valence-electron chi connectivity index (χ1n) is 10.9. The van der Waals surface area contributed by atoms with Crippen LogP contribution in [-0.2, 0) is 4.74 Å². The number of rotatable bonds is 9. The van der Waals surface area contributed by atoms with Crippen molar-refractivity contribution in [3.63, 3.8) is 0 Å². The Morgan fingerprint density at radius 3 is 1.65 bits per heavy atom. The number of ether oxygens (including phenoxy) is 1. The Labute approximate surface area is 209 Å². The first kappa shape index (κ1) is 28.5. The van der Waals surface area contributed by atoms with Crippen LogP contribution in [0.15, 0.2) is 24.3 Å². The van der Waals surface area contributed by atoms with E-state index >= 15 is 0 Å². The second-order valence-corrected chi connectivity index (χ2v) is 7.52. The highest BCUT2D eigenvalue weighted by Gasteiger charge is 2.42. The number of non-ortho nitro benzene ring substituents is 2. The van der Waals surface area contributed by atoms with E-state index in [-0.39, 0.29) is 35.3 Å². The number of carbonyl (C=O) groups is 1. The number of nitrogens with one attached hydrogen (secondary N) is 1. The van der Waals surface area contributed by atoms with Crippen molar-refractivity contribution < 1.29 is 29.2 Å². The van der Waals surface area contributed by atoms with Gasteiger partial charge in [-0.15, -0.1) is 0 Å². The Bertz CT molecular complexity index is 1180. The van der Waals surface area contributed by atoms with Gasteiger partial charge in [-0.05, 0) is 24.1 Å². The minimum Gasteiger partial charge on any atom is -0.453 e. The molecule has 1 amide bonds. The van der Waals surface area contributed by atoms with E-state index in [1.807, 2.05) is 13.8 Å². The average molecular weight is 520 g/mol. The number of hydrogen-bond donors (Lipinski definition) is 1. The molecule has 16 heteroatoms. The van der Waals surface area contributed by atoms with E-state index in [2.05, 4.69) is 10.1 Å². The van der Waals surface area contributed by atoms with Gasteiger partial charge in [-0.25, -0.2) is 4.79 Å². The van der Waals surface area contributed by atoms with Gasteiger partial charge in [0, 0.05) is 25.7 Å². The molecule has 0 saturated heterocycles. The number of nitrogens with zero attached hydrogens (tertiary/aromatic N) is 5. The van der Waals surface area contributed by atoms with Crippen molar-refractivity contribution in [3.8, 4) is 11.1 Å². The first-order chi connectivity index (χ1) is 17.5. The maximum absolute atomic E-state index is 11.8. The molecule has 0 spiro atoms. The lowest BCUT2D eigenvalue weighted by molar-refractivity contribution is -0.395. The molecule has 0 aliphatic heterocycles. The summed E-state index contributed by atoms with van der Waals surface area (Å²) < 4.78 is 4.59. The predicted molar refractivity (Wildman–Crippen MR) is 129 cm³/mol. The van der Waals surface area contributed by atoms with Gasteiger partial charge in [0.25, 0.3) is 22.7 Å². The molecule has 0 saturated carbocycles. The lowest BCUT2D eigenvalue weighted by atomic mass is 10.0. The van der Waals surface area contributed by atoms with Gasteiger partial charge in [0.2, 0.25) is 0 Å². The summed E-state index contributed by atoms with van der Waals surface area (Å²) in [6, 6.07) is 2.44. The highest BCUT2D eigenvalue weighted by Crippen LogP contribution is 2.53. The summed E-state index contributed by atoms with van der Waals surface area (Å²) in [6.07, 6.45) is -0.250. The lowest BCUT2D eigenvalue weighted by Gasteiger charge is -2.18. The molecule has 0 unspecified atom stereocenters. The largest absolute Gasteiger partial charge is 0.453 e. The molecule has 0 heterocycles. The van der Waals surface area contributed by atoms with Crippen molar-refractivity contribution in [1.29, 1.82) is 0 Å². The van der Waals surface area contributed by atoms with E-state index in [4.69, 9.17) is 0 Å². The lowest BCUT2D eigenvalue weighted by Crippen LogP contribution is -2.30. The molecular formula is C21H24N6O10. The van der Waals surface area contributed by atoms with Crippen LogP contribution in [0, 0.1) is 40.5 Å². The van der Waals surface area contributed by atoms with Crippen LogP contribution in [0.5, 0.6) is 0 Å². The molecule has 16 nitrogen and oxygen atoms in total. The van der Waals surface area contributed by atoms with E-state index in [0.29, 0.717) is 18.6 Å². The zero-order chi connectivity index (χ0) is 28.0. The molecule has 1 aliphatic carbocycles. The van der Waals surface area contributed by atoms with Crippen molar-refractivity contribution in [2.45, 2.75) is 26.3 Å². The number of nitro groups is 4. The maximum Gasteiger partial charge on any atom is 0.409 e. The molecule has 0 radical (unpaired) electrons. The topological polar surface area (TPSA) is 214 Å². The molecular weight excluding hydrogens is 496 g/mol. The zero-order valence-corrected chi connectivity index (χ0v) is 20.3. The normalized spacial score (nSPS) is 11.5. The molecule has 0 aromatic heterocycles. The molecule has 1 N–H and O–H groups in total. The SMILES string of the molecule is CC.COC(=O)N(C)CCCNC1c2cc([N+](=O)[O-])cc([N+](=O)[O-])c2-c2c1cc([N+](=O)[O-])cc2[N+](=O)[O-]. The van der Waals surface area contributed by atoms with E-state index < -0.39 is 54.6 Å². The Morgan fingerprint density at radius 2 is 1.30 bits per heavy atom. The van der Waals surface area contributed by atoms with Crippen LogP contribution in [0.3, 0.4) is 0 Å². The highest BCUT2D eigenvalue weighted by atomic mass is 16.6. The van der Waals surface area contributed by atoms with Crippen LogP contribution < -0.4 is 5.32 Å². The van der Waals surface area contributed by atoms with Crippen LogP contribution in [0.1, 0.15) is 37.4 Å². The Hall–Kier alpha value is -4.73. The van der Waals surface area contributed by atoms with Crippen molar-refractivity contribution >= 4 is 28.8 Å². The van der Waals surface area contributed by atoms with Gasteiger partial charge in [-0.2, -0.15) is 0 Å². The Kier molecular flexibility index (Phi) is 9.09. The van der Waals surface area contributed by atoms with Crippen molar-refractivity contribution in [3.05, 3.63) is 75.8 Å².